The van der Waals surface area contributed by atoms with E-state index in [0.717, 1.165) is 12.0 Å². The van der Waals surface area contributed by atoms with Gasteiger partial charge in [-0.2, -0.15) is 0 Å². The van der Waals surface area contributed by atoms with E-state index in [9.17, 15) is 10.1 Å². The maximum atomic E-state index is 10.9. The van der Waals surface area contributed by atoms with E-state index in [1.165, 1.54) is 0 Å². The summed E-state index contributed by atoms with van der Waals surface area (Å²) in [6.45, 7) is 4.42. The summed E-state index contributed by atoms with van der Waals surface area (Å²) < 4.78 is 0. The van der Waals surface area contributed by atoms with Crippen molar-refractivity contribution in [3.8, 4) is 0 Å². The number of rotatable bonds is 5. The lowest BCUT2D eigenvalue weighted by molar-refractivity contribution is -0.486. The molecule has 0 saturated carbocycles. The summed E-state index contributed by atoms with van der Waals surface area (Å²) >= 11 is 5.79. The van der Waals surface area contributed by atoms with Crippen molar-refractivity contribution in [3.05, 3.63) is 39.2 Å². The fourth-order valence-corrected chi connectivity index (χ4v) is 2.55. The minimum absolute atomic E-state index is 0.389. The largest absolute Gasteiger partial charge is 0.324 e. The van der Waals surface area contributed by atoms with E-state index in [1.54, 1.807) is 12.3 Å². The molecule has 2 rings (SSSR count). The first kappa shape index (κ1) is 16.4. The number of halogens is 1. The zero-order chi connectivity index (χ0) is 16.1. The predicted octanol–water partition coefficient (Wildman–Crippen LogP) is 1.66. The van der Waals surface area contributed by atoms with Gasteiger partial charge in [0.25, 0.3) is 5.96 Å². The Balaban J connectivity index is 2.23. The molecule has 1 aliphatic heterocycles. The third-order valence-corrected chi connectivity index (χ3v) is 3.44. The van der Waals surface area contributed by atoms with E-state index >= 15 is 0 Å². The average molecular weight is 327 g/mol. The van der Waals surface area contributed by atoms with Crippen LogP contribution >= 0.6 is 11.6 Å². The van der Waals surface area contributed by atoms with Crippen LogP contribution in [0.1, 0.15) is 18.9 Å². The number of guanidine groups is 1. The van der Waals surface area contributed by atoms with Gasteiger partial charge >= 0.3 is 0 Å². The van der Waals surface area contributed by atoms with Crippen molar-refractivity contribution in [3.63, 3.8) is 0 Å². The van der Waals surface area contributed by atoms with E-state index in [-0.39, 0.29) is 0 Å². The molecule has 0 aromatic carbocycles. The van der Waals surface area contributed by atoms with Crippen LogP contribution in [0.25, 0.3) is 0 Å². The number of nitro groups is 1. The number of hydrogen-bond acceptors (Lipinski definition) is 4. The van der Waals surface area contributed by atoms with Crippen LogP contribution in [0.5, 0.6) is 0 Å². The number of hydrogen-bond donors (Lipinski definition) is 0. The molecule has 0 N–H and O–H groups in total. The summed E-state index contributed by atoms with van der Waals surface area (Å²) in [7, 11) is 1.97. The monoisotopic (exact) mass is 326 g/mol. The summed E-state index contributed by atoms with van der Waals surface area (Å²) in [6, 6.07) is 3.57. The molecule has 0 atom stereocenters. The third-order valence-electron chi connectivity index (χ3n) is 3.22. The molecule has 0 bridgehead atoms. The molecule has 1 fully saturated rings. The summed E-state index contributed by atoms with van der Waals surface area (Å²) in [4.78, 5) is 20.8. The SMILES string of the molecule is CCCN1CN(C)CN(Cc2ccc(Cl)nc2)C1=N[N+](=O)[O-]. The van der Waals surface area contributed by atoms with Crippen LogP contribution < -0.4 is 0 Å². The maximum Gasteiger partial charge on any atom is 0.276 e. The molecule has 1 saturated heterocycles. The summed E-state index contributed by atoms with van der Waals surface area (Å²) in [5, 5.41) is 14.2. The summed E-state index contributed by atoms with van der Waals surface area (Å²) in [5.41, 5.74) is 0.923. The molecule has 120 valence electrons. The molecule has 1 aromatic heterocycles. The molecular weight excluding hydrogens is 308 g/mol. The lowest BCUT2D eigenvalue weighted by atomic mass is 10.2. The van der Waals surface area contributed by atoms with Crippen molar-refractivity contribution in [2.75, 3.05) is 26.9 Å². The second-order valence-corrected chi connectivity index (χ2v) is 5.61. The van der Waals surface area contributed by atoms with Crippen LogP contribution in [0.2, 0.25) is 5.15 Å². The quantitative estimate of drug-likeness (QED) is 0.465. The lowest BCUT2D eigenvalue weighted by Crippen LogP contribution is -2.57. The Morgan fingerprint density at radius 3 is 2.73 bits per heavy atom. The molecule has 1 aromatic rings. The number of aromatic nitrogens is 1. The molecular formula is C13H19ClN6O2. The van der Waals surface area contributed by atoms with E-state index in [4.69, 9.17) is 11.6 Å². The van der Waals surface area contributed by atoms with E-state index in [1.807, 2.05) is 29.8 Å². The number of hydrazone groups is 1. The maximum absolute atomic E-state index is 10.9. The van der Waals surface area contributed by atoms with Crippen molar-refractivity contribution < 1.29 is 5.03 Å². The molecule has 0 aliphatic carbocycles. The fraction of sp³-hybridized carbons (Fsp3) is 0.538. The van der Waals surface area contributed by atoms with Gasteiger partial charge in [0.2, 0.25) is 0 Å². The Bertz CT molecular complexity index is 550. The highest BCUT2D eigenvalue weighted by atomic mass is 35.5. The molecule has 8 nitrogen and oxygen atoms in total. The predicted molar refractivity (Wildman–Crippen MR) is 83.7 cm³/mol. The van der Waals surface area contributed by atoms with Crippen molar-refractivity contribution in [1.82, 2.24) is 19.7 Å². The fourth-order valence-electron chi connectivity index (χ4n) is 2.44. The van der Waals surface area contributed by atoms with Crippen LogP contribution in [-0.2, 0) is 6.54 Å². The second kappa shape index (κ2) is 7.37. The van der Waals surface area contributed by atoms with Gasteiger partial charge in [0.15, 0.2) is 5.03 Å². The first-order valence-corrected chi connectivity index (χ1v) is 7.39. The molecule has 2 heterocycles. The Morgan fingerprint density at radius 1 is 1.41 bits per heavy atom. The number of pyridine rings is 1. The van der Waals surface area contributed by atoms with Gasteiger partial charge in [0.05, 0.1) is 13.3 Å². The Morgan fingerprint density at radius 2 is 2.14 bits per heavy atom. The molecule has 0 radical (unpaired) electrons. The van der Waals surface area contributed by atoms with Crippen LogP contribution in [0.15, 0.2) is 23.4 Å². The molecule has 1 aliphatic rings. The normalized spacial score (nSPS) is 18.0. The van der Waals surface area contributed by atoms with Crippen LogP contribution in [0.4, 0.5) is 0 Å². The molecule has 0 spiro atoms. The van der Waals surface area contributed by atoms with Gasteiger partial charge in [-0.05, 0) is 25.1 Å². The van der Waals surface area contributed by atoms with Crippen LogP contribution in [0.3, 0.4) is 0 Å². The standard InChI is InChI=1S/C13H19ClN6O2/c1-3-6-18-9-17(2)10-19(13(18)16-20(21)22)8-11-4-5-12(14)15-7-11/h4-5,7H,3,6,8-10H2,1-2H3. The van der Waals surface area contributed by atoms with Crippen LogP contribution in [0, 0.1) is 10.1 Å². The van der Waals surface area contributed by atoms with Gasteiger partial charge in [-0.3, -0.25) is 4.90 Å². The van der Waals surface area contributed by atoms with Gasteiger partial charge in [-0.1, -0.05) is 24.6 Å². The average Bonchev–Trinajstić information content (AvgIpc) is 2.45. The lowest BCUT2D eigenvalue weighted by Gasteiger charge is -2.41. The topological polar surface area (TPSA) is 78.1 Å². The van der Waals surface area contributed by atoms with Gasteiger partial charge in [-0.15, -0.1) is 0 Å². The molecule has 0 unspecified atom stereocenters. The van der Waals surface area contributed by atoms with Crippen molar-refractivity contribution >= 4 is 17.6 Å². The van der Waals surface area contributed by atoms with Gasteiger partial charge in [-0.25, -0.2) is 15.1 Å². The third kappa shape index (κ3) is 4.28. The Hall–Kier alpha value is -1.93. The van der Waals surface area contributed by atoms with Gasteiger partial charge < -0.3 is 9.80 Å². The highest BCUT2D eigenvalue weighted by molar-refractivity contribution is 6.29. The van der Waals surface area contributed by atoms with Crippen molar-refractivity contribution in [2.45, 2.75) is 19.9 Å². The highest BCUT2D eigenvalue weighted by Crippen LogP contribution is 2.15. The van der Waals surface area contributed by atoms with E-state index in [0.29, 0.717) is 37.5 Å². The van der Waals surface area contributed by atoms with Gasteiger partial charge in [0.1, 0.15) is 10.3 Å². The molecule has 22 heavy (non-hydrogen) atoms. The zero-order valence-electron chi connectivity index (χ0n) is 12.6. The summed E-state index contributed by atoms with van der Waals surface area (Å²) in [6.07, 6.45) is 2.56. The van der Waals surface area contributed by atoms with E-state index in [2.05, 4.69) is 15.0 Å². The zero-order valence-corrected chi connectivity index (χ0v) is 13.4. The minimum atomic E-state index is -0.642. The first-order chi connectivity index (χ1) is 10.5. The highest BCUT2D eigenvalue weighted by Gasteiger charge is 2.29. The molecule has 0 amide bonds. The van der Waals surface area contributed by atoms with Crippen LogP contribution in [-0.4, -0.2) is 57.6 Å². The second-order valence-electron chi connectivity index (χ2n) is 5.23. The smallest absolute Gasteiger partial charge is 0.276 e. The van der Waals surface area contributed by atoms with Crippen molar-refractivity contribution in [2.24, 2.45) is 5.10 Å². The van der Waals surface area contributed by atoms with Gasteiger partial charge in [0, 0.05) is 19.3 Å². The minimum Gasteiger partial charge on any atom is -0.324 e. The Labute approximate surface area is 134 Å². The Kier molecular flexibility index (Phi) is 5.51. The number of nitrogens with zero attached hydrogens (tertiary/aromatic N) is 6. The van der Waals surface area contributed by atoms with E-state index < -0.39 is 5.03 Å². The van der Waals surface area contributed by atoms with Crippen molar-refractivity contribution in [1.29, 1.82) is 0 Å². The summed E-state index contributed by atoms with van der Waals surface area (Å²) in [5.74, 6) is 0.389. The first-order valence-electron chi connectivity index (χ1n) is 7.01. The molecule has 9 heteroatoms.